The first-order valence-electron chi connectivity index (χ1n) is 5.65. The lowest BCUT2D eigenvalue weighted by Gasteiger charge is -2.48. The molecular formula is C11H16N4O. The quantitative estimate of drug-likeness (QED) is 0.762. The van der Waals surface area contributed by atoms with Gasteiger partial charge in [0.2, 0.25) is 0 Å². The van der Waals surface area contributed by atoms with Crippen LogP contribution in [0, 0.1) is 5.92 Å². The van der Waals surface area contributed by atoms with Gasteiger partial charge in [-0.25, -0.2) is 4.98 Å². The van der Waals surface area contributed by atoms with E-state index < -0.39 is 0 Å². The zero-order chi connectivity index (χ0) is 11.3. The van der Waals surface area contributed by atoms with Crippen molar-refractivity contribution in [2.45, 2.75) is 18.4 Å². The zero-order valence-electron chi connectivity index (χ0n) is 9.39. The zero-order valence-corrected chi connectivity index (χ0v) is 9.39. The standard InChI is InChI=1S/C11H16N4O/c1-14-4-9(13-7-14)10(16)15-5-11(12,6-15)8-2-3-8/h4,7-8H,2-3,5-6,12H2,1H3. The molecule has 1 aromatic heterocycles. The second-order valence-corrected chi connectivity index (χ2v) is 5.09. The van der Waals surface area contributed by atoms with Gasteiger partial charge in [0.25, 0.3) is 5.91 Å². The van der Waals surface area contributed by atoms with Crippen LogP contribution in [0.5, 0.6) is 0 Å². The number of likely N-dealkylation sites (tertiary alicyclic amines) is 1. The first kappa shape index (κ1) is 9.84. The molecule has 0 unspecified atom stereocenters. The minimum atomic E-state index is -0.107. The van der Waals surface area contributed by atoms with Crippen molar-refractivity contribution in [3.63, 3.8) is 0 Å². The van der Waals surface area contributed by atoms with E-state index in [0.29, 0.717) is 24.7 Å². The van der Waals surface area contributed by atoms with Gasteiger partial charge in [-0.2, -0.15) is 0 Å². The summed E-state index contributed by atoms with van der Waals surface area (Å²) >= 11 is 0. The summed E-state index contributed by atoms with van der Waals surface area (Å²) in [5.74, 6) is 0.641. The van der Waals surface area contributed by atoms with Crippen LogP contribution in [0.1, 0.15) is 23.3 Å². The van der Waals surface area contributed by atoms with Gasteiger partial charge in [0.15, 0.2) is 0 Å². The first-order chi connectivity index (χ1) is 7.58. The van der Waals surface area contributed by atoms with Crippen LogP contribution in [0.2, 0.25) is 0 Å². The number of hydrogen-bond acceptors (Lipinski definition) is 3. The average molecular weight is 220 g/mol. The summed E-state index contributed by atoms with van der Waals surface area (Å²) in [5.41, 5.74) is 6.61. The second kappa shape index (κ2) is 3.07. The highest BCUT2D eigenvalue weighted by atomic mass is 16.2. The van der Waals surface area contributed by atoms with Gasteiger partial charge in [-0.05, 0) is 18.8 Å². The lowest BCUT2D eigenvalue weighted by atomic mass is 9.85. The average Bonchev–Trinajstić information content (AvgIpc) is 2.96. The van der Waals surface area contributed by atoms with Crippen LogP contribution in [-0.2, 0) is 7.05 Å². The molecule has 0 spiro atoms. The molecule has 1 saturated heterocycles. The molecule has 2 N–H and O–H groups in total. The Hall–Kier alpha value is -1.36. The largest absolute Gasteiger partial charge is 0.340 e. The normalized spacial score (nSPS) is 23.0. The minimum Gasteiger partial charge on any atom is -0.340 e. The number of carbonyl (C=O) groups is 1. The molecule has 1 amide bonds. The summed E-state index contributed by atoms with van der Waals surface area (Å²) < 4.78 is 1.78. The van der Waals surface area contributed by atoms with Crippen molar-refractivity contribution in [3.05, 3.63) is 18.2 Å². The van der Waals surface area contributed by atoms with Gasteiger partial charge in [0, 0.05) is 26.3 Å². The van der Waals surface area contributed by atoms with Crippen molar-refractivity contribution >= 4 is 5.91 Å². The molecule has 0 aromatic carbocycles. The van der Waals surface area contributed by atoms with Crippen molar-refractivity contribution in [3.8, 4) is 0 Å². The fourth-order valence-electron chi connectivity index (χ4n) is 2.41. The number of imidazole rings is 1. The molecule has 3 rings (SSSR count). The van der Waals surface area contributed by atoms with E-state index in [0.717, 1.165) is 0 Å². The van der Waals surface area contributed by atoms with E-state index in [-0.39, 0.29) is 11.4 Å². The van der Waals surface area contributed by atoms with E-state index in [1.807, 2.05) is 7.05 Å². The lowest BCUT2D eigenvalue weighted by molar-refractivity contribution is 0.0345. The first-order valence-corrected chi connectivity index (χ1v) is 5.65. The Morgan fingerprint density at radius 1 is 1.56 bits per heavy atom. The highest BCUT2D eigenvalue weighted by Gasteiger charge is 2.51. The molecular weight excluding hydrogens is 204 g/mol. The summed E-state index contributed by atoms with van der Waals surface area (Å²) in [6, 6.07) is 0. The molecule has 0 radical (unpaired) electrons. The van der Waals surface area contributed by atoms with E-state index in [4.69, 9.17) is 5.73 Å². The predicted octanol–water partition coefficient (Wildman–Crippen LogP) is -0.0166. The monoisotopic (exact) mass is 220 g/mol. The number of rotatable bonds is 2. The molecule has 2 fully saturated rings. The molecule has 86 valence electrons. The maximum absolute atomic E-state index is 12.0. The third-order valence-electron chi connectivity index (χ3n) is 3.57. The van der Waals surface area contributed by atoms with Gasteiger partial charge < -0.3 is 15.2 Å². The summed E-state index contributed by atoms with van der Waals surface area (Å²) in [7, 11) is 1.86. The maximum Gasteiger partial charge on any atom is 0.274 e. The van der Waals surface area contributed by atoms with Crippen LogP contribution in [0.15, 0.2) is 12.5 Å². The molecule has 5 heteroatoms. The fourth-order valence-corrected chi connectivity index (χ4v) is 2.41. The van der Waals surface area contributed by atoms with Crippen molar-refractivity contribution in [1.82, 2.24) is 14.5 Å². The molecule has 1 aliphatic carbocycles. The molecule has 2 aliphatic rings. The summed E-state index contributed by atoms with van der Waals surface area (Å²) in [6.45, 7) is 1.38. The molecule has 1 saturated carbocycles. The van der Waals surface area contributed by atoms with Crippen molar-refractivity contribution in [2.24, 2.45) is 18.7 Å². The Morgan fingerprint density at radius 3 is 2.75 bits per heavy atom. The van der Waals surface area contributed by atoms with E-state index in [1.54, 1.807) is 22.0 Å². The van der Waals surface area contributed by atoms with E-state index in [9.17, 15) is 4.79 Å². The molecule has 16 heavy (non-hydrogen) atoms. The lowest BCUT2D eigenvalue weighted by Crippen LogP contribution is -2.69. The van der Waals surface area contributed by atoms with Crippen molar-refractivity contribution in [2.75, 3.05) is 13.1 Å². The fraction of sp³-hybridized carbons (Fsp3) is 0.636. The maximum atomic E-state index is 12.0. The Bertz CT molecular complexity index is 429. The Kier molecular flexibility index (Phi) is 1.89. The summed E-state index contributed by atoms with van der Waals surface area (Å²) in [5, 5.41) is 0. The molecule has 2 heterocycles. The van der Waals surface area contributed by atoms with E-state index in [2.05, 4.69) is 4.98 Å². The topological polar surface area (TPSA) is 64.2 Å². The predicted molar refractivity (Wildman–Crippen MR) is 58.8 cm³/mol. The Labute approximate surface area is 94.2 Å². The third-order valence-corrected chi connectivity index (χ3v) is 3.57. The number of nitrogens with zero attached hydrogens (tertiary/aromatic N) is 3. The summed E-state index contributed by atoms with van der Waals surface area (Å²) in [4.78, 5) is 17.8. The van der Waals surface area contributed by atoms with Gasteiger partial charge in [0.05, 0.1) is 11.9 Å². The highest BCUT2D eigenvalue weighted by Crippen LogP contribution is 2.43. The molecule has 0 bridgehead atoms. The number of aromatic nitrogens is 2. The highest BCUT2D eigenvalue weighted by molar-refractivity contribution is 5.93. The van der Waals surface area contributed by atoms with Crippen LogP contribution < -0.4 is 5.73 Å². The number of aryl methyl sites for hydroxylation is 1. The van der Waals surface area contributed by atoms with Crippen LogP contribution >= 0.6 is 0 Å². The van der Waals surface area contributed by atoms with Crippen molar-refractivity contribution < 1.29 is 4.79 Å². The number of nitrogens with two attached hydrogens (primary N) is 1. The molecule has 1 aliphatic heterocycles. The van der Waals surface area contributed by atoms with Crippen LogP contribution in [0.25, 0.3) is 0 Å². The smallest absolute Gasteiger partial charge is 0.274 e. The molecule has 0 atom stereocenters. The minimum absolute atomic E-state index is 0.00215. The number of hydrogen-bond donors (Lipinski definition) is 1. The Balaban J connectivity index is 1.66. The van der Waals surface area contributed by atoms with Crippen molar-refractivity contribution in [1.29, 1.82) is 0 Å². The van der Waals surface area contributed by atoms with Crippen LogP contribution in [-0.4, -0.2) is 39.0 Å². The second-order valence-electron chi connectivity index (χ2n) is 5.09. The summed E-state index contributed by atoms with van der Waals surface area (Å²) in [6.07, 6.45) is 5.84. The molecule has 5 nitrogen and oxygen atoms in total. The van der Waals surface area contributed by atoms with Gasteiger partial charge >= 0.3 is 0 Å². The number of amides is 1. The van der Waals surface area contributed by atoms with Gasteiger partial charge in [-0.1, -0.05) is 0 Å². The van der Waals surface area contributed by atoms with Gasteiger partial charge in [-0.3, -0.25) is 4.79 Å². The van der Waals surface area contributed by atoms with E-state index in [1.165, 1.54) is 12.8 Å². The SMILES string of the molecule is Cn1cnc(C(=O)N2CC(N)(C3CC3)C2)c1. The van der Waals surface area contributed by atoms with Crippen LogP contribution in [0.4, 0.5) is 0 Å². The Morgan fingerprint density at radius 2 is 2.25 bits per heavy atom. The van der Waals surface area contributed by atoms with E-state index >= 15 is 0 Å². The van der Waals surface area contributed by atoms with Gasteiger partial charge in [0.1, 0.15) is 5.69 Å². The third kappa shape index (κ3) is 1.43. The molecule has 1 aromatic rings. The van der Waals surface area contributed by atoms with Crippen LogP contribution in [0.3, 0.4) is 0 Å². The van der Waals surface area contributed by atoms with Gasteiger partial charge in [-0.15, -0.1) is 0 Å². The number of carbonyl (C=O) groups excluding carboxylic acids is 1.